The Bertz CT molecular complexity index is 621. The van der Waals surface area contributed by atoms with Crippen molar-refractivity contribution >= 4 is 23.4 Å². The molecule has 130 valence electrons. The van der Waals surface area contributed by atoms with Crippen LogP contribution in [0.2, 0.25) is 5.28 Å². The van der Waals surface area contributed by atoms with E-state index in [9.17, 15) is 4.79 Å². The molecule has 0 aliphatic heterocycles. The summed E-state index contributed by atoms with van der Waals surface area (Å²) in [5.74, 6) is 0.719. The number of nitrogens with zero attached hydrogens (tertiary/aromatic N) is 3. The van der Waals surface area contributed by atoms with Crippen LogP contribution in [0.3, 0.4) is 0 Å². The standard InChI is InChI=1S/C18H24ClN3O2/c1-3-10-24-16(23)14-11-20-17(19)21-15(14)22(2)12-13-4-6-18(7-5-13)8-9-18/h3,11,13H,1,4-10,12H2,2H3. The van der Waals surface area contributed by atoms with Crippen LogP contribution in [0.5, 0.6) is 0 Å². The molecule has 1 aromatic rings. The summed E-state index contributed by atoms with van der Waals surface area (Å²) in [6.07, 6.45) is 11.0. The fraction of sp³-hybridized carbons (Fsp3) is 0.611. The Kier molecular flexibility index (Phi) is 5.09. The Morgan fingerprint density at radius 2 is 2.17 bits per heavy atom. The average molecular weight is 350 g/mol. The Labute approximate surface area is 148 Å². The van der Waals surface area contributed by atoms with E-state index in [1.807, 2.05) is 11.9 Å². The molecule has 3 rings (SSSR count). The molecule has 1 spiro atoms. The van der Waals surface area contributed by atoms with Crippen molar-refractivity contribution in [3.8, 4) is 0 Å². The first-order valence-corrected chi connectivity index (χ1v) is 8.92. The fourth-order valence-corrected chi connectivity index (χ4v) is 3.75. The van der Waals surface area contributed by atoms with Gasteiger partial charge < -0.3 is 9.64 Å². The highest BCUT2D eigenvalue weighted by atomic mass is 35.5. The molecule has 6 heteroatoms. The molecule has 0 atom stereocenters. The molecule has 0 aromatic carbocycles. The third-order valence-corrected chi connectivity index (χ3v) is 5.49. The minimum atomic E-state index is -0.450. The van der Waals surface area contributed by atoms with Crippen LogP contribution in [-0.2, 0) is 4.74 Å². The lowest BCUT2D eigenvalue weighted by Crippen LogP contribution is -2.31. The largest absolute Gasteiger partial charge is 0.458 e. The molecule has 1 heterocycles. The maximum Gasteiger partial charge on any atom is 0.343 e. The molecule has 0 radical (unpaired) electrons. The zero-order chi connectivity index (χ0) is 17.2. The molecule has 1 aromatic heterocycles. The average Bonchev–Trinajstić information content (AvgIpc) is 3.34. The number of anilines is 1. The number of esters is 1. The van der Waals surface area contributed by atoms with E-state index in [0.29, 0.717) is 22.7 Å². The first-order valence-electron chi connectivity index (χ1n) is 8.55. The van der Waals surface area contributed by atoms with Crippen molar-refractivity contribution < 1.29 is 9.53 Å². The van der Waals surface area contributed by atoms with Gasteiger partial charge in [-0.25, -0.2) is 9.78 Å². The predicted molar refractivity (Wildman–Crippen MR) is 94.4 cm³/mol. The second-order valence-corrected chi connectivity index (χ2v) is 7.43. The van der Waals surface area contributed by atoms with Crippen LogP contribution in [-0.4, -0.2) is 36.1 Å². The van der Waals surface area contributed by atoms with E-state index in [1.165, 1.54) is 50.8 Å². The normalized spacial score (nSPS) is 19.1. The molecule has 0 saturated heterocycles. The third-order valence-electron chi connectivity index (χ3n) is 5.31. The van der Waals surface area contributed by atoms with E-state index in [-0.39, 0.29) is 11.9 Å². The molecule has 2 aliphatic carbocycles. The van der Waals surface area contributed by atoms with Crippen LogP contribution in [0.4, 0.5) is 5.82 Å². The summed E-state index contributed by atoms with van der Waals surface area (Å²) in [6, 6.07) is 0. The summed E-state index contributed by atoms with van der Waals surface area (Å²) in [5, 5.41) is 0.137. The number of carbonyl (C=O) groups is 1. The van der Waals surface area contributed by atoms with Gasteiger partial charge in [0.1, 0.15) is 18.0 Å². The van der Waals surface area contributed by atoms with Gasteiger partial charge in [-0.15, -0.1) is 0 Å². The molecule has 0 N–H and O–H groups in total. The van der Waals surface area contributed by atoms with Crippen molar-refractivity contribution in [1.29, 1.82) is 0 Å². The second-order valence-electron chi connectivity index (χ2n) is 7.09. The van der Waals surface area contributed by atoms with Gasteiger partial charge >= 0.3 is 5.97 Å². The van der Waals surface area contributed by atoms with Gasteiger partial charge in [0.25, 0.3) is 0 Å². The lowest BCUT2D eigenvalue weighted by molar-refractivity contribution is 0.0549. The van der Waals surface area contributed by atoms with Gasteiger partial charge in [-0.1, -0.05) is 12.7 Å². The number of rotatable bonds is 6. The number of hydrogen-bond donors (Lipinski definition) is 0. The monoisotopic (exact) mass is 349 g/mol. The number of ether oxygens (including phenoxy) is 1. The molecule has 2 saturated carbocycles. The highest BCUT2D eigenvalue weighted by molar-refractivity contribution is 6.28. The molecule has 0 unspecified atom stereocenters. The number of aromatic nitrogens is 2. The van der Waals surface area contributed by atoms with Gasteiger partial charge in [0.15, 0.2) is 0 Å². The van der Waals surface area contributed by atoms with E-state index in [2.05, 4.69) is 16.5 Å². The molecule has 24 heavy (non-hydrogen) atoms. The van der Waals surface area contributed by atoms with E-state index >= 15 is 0 Å². The molecule has 2 fully saturated rings. The molecule has 2 aliphatic rings. The number of hydrogen-bond acceptors (Lipinski definition) is 5. The van der Waals surface area contributed by atoms with E-state index < -0.39 is 5.97 Å². The van der Waals surface area contributed by atoms with E-state index in [1.54, 1.807) is 0 Å². The second kappa shape index (κ2) is 7.09. The summed E-state index contributed by atoms with van der Waals surface area (Å²) in [4.78, 5) is 22.4. The van der Waals surface area contributed by atoms with Gasteiger partial charge in [0.2, 0.25) is 5.28 Å². The van der Waals surface area contributed by atoms with Crippen LogP contribution in [0.1, 0.15) is 48.9 Å². The SMILES string of the molecule is C=CCOC(=O)c1cnc(Cl)nc1N(C)CC1CCC2(CC1)CC2. The van der Waals surface area contributed by atoms with Crippen LogP contribution in [0.15, 0.2) is 18.9 Å². The lowest BCUT2D eigenvalue weighted by atomic mass is 9.79. The smallest absolute Gasteiger partial charge is 0.343 e. The lowest BCUT2D eigenvalue weighted by Gasteiger charge is -2.32. The minimum Gasteiger partial charge on any atom is -0.458 e. The molecule has 0 amide bonds. The maximum atomic E-state index is 12.2. The van der Waals surface area contributed by atoms with E-state index in [4.69, 9.17) is 16.3 Å². The summed E-state index contributed by atoms with van der Waals surface area (Å²) in [6.45, 7) is 4.58. The molecular formula is C18H24ClN3O2. The Morgan fingerprint density at radius 3 is 2.79 bits per heavy atom. The summed E-state index contributed by atoms with van der Waals surface area (Å²) in [7, 11) is 1.95. The fourth-order valence-electron chi connectivity index (χ4n) is 3.62. The number of halogens is 1. The Hall–Kier alpha value is -1.62. The van der Waals surface area contributed by atoms with Crippen LogP contribution < -0.4 is 4.90 Å². The predicted octanol–water partition coefficient (Wildman–Crippen LogP) is 3.88. The topological polar surface area (TPSA) is 55.3 Å². The quantitative estimate of drug-likeness (QED) is 0.443. The number of carbonyl (C=O) groups excluding carboxylic acids is 1. The van der Waals surface area contributed by atoms with Crippen molar-refractivity contribution in [3.05, 3.63) is 29.7 Å². The van der Waals surface area contributed by atoms with Crippen molar-refractivity contribution in [2.45, 2.75) is 38.5 Å². The van der Waals surface area contributed by atoms with Crippen molar-refractivity contribution in [1.82, 2.24) is 9.97 Å². The van der Waals surface area contributed by atoms with Crippen molar-refractivity contribution in [2.75, 3.05) is 25.1 Å². The summed E-state index contributed by atoms with van der Waals surface area (Å²) < 4.78 is 5.13. The van der Waals surface area contributed by atoms with E-state index in [0.717, 1.165) is 6.54 Å². The Morgan fingerprint density at radius 1 is 1.46 bits per heavy atom. The summed E-state index contributed by atoms with van der Waals surface area (Å²) in [5.41, 5.74) is 1.03. The Balaban J connectivity index is 1.68. The van der Waals surface area contributed by atoms with Crippen molar-refractivity contribution in [2.24, 2.45) is 11.3 Å². The van der Waals surface area contributed by atoms with Crippen LogP contribution in [0.25, 0.3) is 0 Å². The van der Waals surface area contributed by atoms with Gasteiger partial charge in [0, 0.05) is 19.8 Å². The van der Waals surface area contributed by atoms with Gasteiger partial charge in [0.05, 0.1) is 0 Å². The zero-order valence-corrected chi connectivity index (χ0v) is 14.9. The van der Waals surface area contributed by atoms with Gasteiger partial charge in [-0.05, 0) is 61.5 Å². The summed E-state index contributed by atoms with van der Waals surface area (Å²) >= 11 is 5.94. The highest BCUT2D eigenvalue weighted by Gasteiger charge is 2.44. The highest BCUT2D eigenvalue weighted by Crippen LogP contribution is 2.57. The zero-order valence-electron chi connectivity index (χ0n) is 14.1. The first kappa shape index (κ1) is 17.2. The van der Waals surface area contributed by atoms with Crippen LogP contribution >= 0.6 is 11.6 Å². The first-order chi connectivity index (χ1) is 11.5. The molecule has 0 bridgehead atoms. The van der Waals surface area contributed by atoms with Crippen LogP contribution in [0, 0.1) is 11.3 Å². The van der Waals surface area contributed by atoms with Gasteiger partial charge in [-0.3, -0.25) is 0 Å². The minimum absolute atomic E-state index is 0.137. The van der Waals surface area contributed by atoms with Gasteiger partial charge in [-0.2, -0.15) is 4.98 Å². The van der Waals surface area contributed by atoms with Crippen molar-refractivity contribution in [3.63, 3.8) is 0 Å². The molecule has 5 nitrogen and oxygen atoms in total. The third kappa shape index (κ3) is 3.89. The molecular weight excluding hydrogens is 326 g/mol. The maximum absolute atomic E-state index is 12.2.